The average molecular weight is 708 g/mol. The van der Waals surface area contributed by atoms with Crippen molar-refractivity contribution in [2.24, 2.45) is 11.8 Å². The van der Waals surface area contributed by atoms with Crippen molar-refractivity contribution in [3.05, 3.63) is 116 Å². The minimum absolute atomic E-state index is 0.230. The zero-order valence-corrected chi connectivity index (χ0v) is 27.9. The Morgan fingerprint density at radius 2 is 0.977 bits per heavy atom. The van der Waals surface area contributed by atoms with Crippen LogP contribution in [0.2, 0.25) is 0 Å². The first kappa shape index (κ1) is 32.3. The van der Waals surface area contributed by atoms with Crippen molar-refractivity contribution in [3.63, 3.8) is 0 Å². The van der Waals surface area contributed by atoms with Gasteiger partial charge in [-0.3, -0.25) is 9.59 Å². The minimum Gasteiger partial charge on any atom is -0.492 e. The monoisotopic (exact) mass is 706 g/mol. The number of benzene rings is 4. The predicted octanol–water partition coefficient (Wildman–Crippen LogP) is 9.38. The van der Waals surface area contributed by atoms with E-state index in [2.05, 4.69) is 70.2 Å². The van der Waals surface area contributed by atoms with Gasteiger partial charge in [-0.2, -0.15) is 0 Å². The lowest BCUT2D eigenvalue weighted by Crippen LogP contribution is -2.15. The summed E-state index contributed by atoms with van der Waals surface area (Å²) in [7, 11) is 0. The van der Waals surface area contributed by atoms with Crippen LogP contribution < -0.4 is 20.1 Å². The lowest BCUT2D eigenvalue weighted by atomic mass is 10.0. The maximum Gasteiger partial charge on any atom is 0.259 e. The summed E-state index contributed by atoms with van der Waals surface area (Å²) < 4.78 is 13.3. The predicted molar refractivity (Wildman–Crippen MR) is 181 cm³/mol. The molecule has 0 spiro atoms. The largest absolute Gasteiger partial charge is 0.492 e. The third-order valence-corrected chi connectivity index (χ3v) is 7.34. The highest BCUT2D eigenvalue weighted by Crippen LogP contribution is 2.27. The van der Waals surface area contributed by atoms with Gasteiger partial charge in [-0.25, -0.2) is 0 Å². The smallest absolute Gasteiger partial charge is 0.259 e. The third kappa shape index (κ3) is 9.70. The molecule has 0 aliphatic heterocycles. The van der Waals surface area contributed by atoms with Gasteiger partial charge in [0.15, 0.2) is 0 Å². The lowest BCUT2D eigenvalue weighted by Gasteiger charge is -2.14. The van der Waals surface area contributed by atoms with E-state index in [4.69, 9.17) is 9.47 Å². The van der Waals surface area contributed by atoms with Gasteiger partial charge in [0.25, 0.3) is 11.8 Å². The first-order valence-corrected chi connectivity index (χ1v) is 15.8. The fraction of sp³-hybridized carbons (Fsp3) is 0.257. The highest BCUT2D eigenvalue weighted by molar-refractivity contribution is 9.10. The van der Waals surface area contributed by atoms with Crippen LogP contribution in [0.5, 0.6) is 11.5 Å². The summed E-state index contributed by atoms with van der Waals surface area (Å²) in [5.41, 5.74) is 4.55. The number of rotatable bonds is 12. The van der Waals surface area contributed by atoms with Gasteiger partial charge < -0.3 is 20.1 Å². The maximum atomic E-state index is 13.1. The molecule has 224 valence electrons. The van der Waals surface area contributed by atoms with Gasteiger partial charge in [0.1, 0.15) is 11.5 Å². The van der Waals surface area contributed by atoms with Crippen LogP contribution in [0, 0.1) is 11.8 Å². The molecular weight excluding hydrogens is 672 g/mol. The normalized spacial score (nSPS) is 11.0. The average Bonchev–Trinajstić information content (AvgIpc) is 2.97. The maximum absolute atomic E-state index is 13.1. The number of hydrogen-bond donors (Lipinski definition) is 2. The Morgan fingerprint density at radius 3 is 1.33 bits per heavy atom. The molecule has 0 unspecified atom stereocenters. The fourth-order valence-corrected chi connectivity index (χ4v) is 4.89. The Labute approximate surface area is 270 Å². The van der Waals surface area contributed by atoms with Gasteiger partial charge in [0.05, 0.1) is 24.3 Å². The summed E-state index contributed by atoms with van der Waals surface area (Å²) >= 11 is 6.90. The molecule has 8 heteroatoms. The Balaban J connectivity index is 1.36. The molecule has 0 fully saturated rings. The minimum atomic E-state index is -0.230. The van der Waals surface area contributed by atoms with E-state index >= 15 is 0 Å². The van der Waals surface area contributed by atoms with E-state index in [9.17, 15) is 9.59 Å². The summed E-state index contributed by atoms with van der Waals surface area (Å²) in [5.74, 6) is 1.35. The summed E-state index contributed by atoms with van der Waals surface area (Å²) in [5, 5.41) is 5.94. The number of amides is 2. The van der Waals surface area contributed by atoms with Gasteiger partial charge >= 0.3 is 0 Å². The van der Waals surface area contributed by atoms with Crippen LogP contribution in [0.3, 0.4) is 0 Å². The van der Waals surface area contributed by atoms with Crippen LogP contribution in [0.15, 0.2) is 93.9 Å². The van der Waals surface area contributed by atoms with Crippen LogP contribution in [-0.2, 0) is 6.42 Å². The van der Waals surface area contributed by atoms with E-state index < -0.39 is 0 Å². The number of ether oxygens (including phenoxy) is 2. The van der Waals surface area contributed by atoms with Crippen molar-refractivity contribution in [3.8, 4) is 11.5 Å². The highest BCUT2D eigenvalue weighted by atomic mass is 79.9. The Kier molecular flexibility index (Phi) is 11.4. The molecule has 4 aromatic rings. The molecule has 0 aromatic heterocycles. The Hall–Kier alpha value is -3.62. The zero-order valence-electron chi connectivity index (χ0n) is 24.7. The molecule has 2 N–H and O–H groups in total. The SMILES string of the molecule is CC(C)COc1ccc(Br)cc1C(=O)Nc1ccc(Cc2ccc(NC(=O)c3cc(Br)ccc3OCC(C)C)cc2)cc1. The number of hydrogen-bond acceptors (Lipinski definition) is 4. The second kappa shape index (κ2) is 15.2. The first-order valence-electron chi connectivity index (χ1n) is 14.2. The van der Waals surface area contributed by atoms with Crippen LogP contribution in [0.4, 0.5) is 11.4 Å². The summed E-state index contributed by atoms with van der Waals surface area (Å²) in [6, 6.07) is 26.4. The number of carbonyl (C=O) groups excluding carboxylic acids is 2. The lowest BCUT2D eigenvalue weighted by molar-refractivity contribution is 0.101. The first-order chi connectivity index (χ1) is 20.6. The Bertz CT molecular complexity index is 1430. The molecule has 0 saturated carbocycles. The molecule has 0 heterocycles. The van der Waals surface area contributed by atoms with Crippen molar-refractivity contribution in [2.75, 3.05) is 23.8 Å². The molecule has 0 aliphatic rings. The molecule has 6 nitrogen and oxygen atoms in total. The van der Waals surface area contributed by atoms with Gasteiger partial charge in [-0.05, 0) is 90.0 Å². The Morgan fingerprint density at radius 1 is 0.605 bits per heavy atom. The fourth-order valence-electron chi connectivity index (χ4n) is 4.17. The van der Waals surface area contributed by atoms with E-state index in [1.807, 2.05) is 72.8 Å². The van der Waals surface area contributed by atoms with Crippen molar-refractivity contribution < 1.29 is 19.1 Å². The van der Waals surface area contributed by atoms with Crippen molar-refractivity contribution in [1.29, 1.82) is 0 Å². The standard InChI is InChI=1S/C35H36Br2N2O4/c1-22(2)20-42-32-15-9-26(36)18-30(32)34(40)38-28-11-5-24(6-12-28)17-25-7-13-29(14-8-25)39-35(41)31-19-27(37)10-16-33(31)43-21-23(3)4/h5-16,18-19,22-23H,17,20-21H2,1-4H3,(H,38,40)(H,39,41). The van der Waals surface area contributed by atoms with Gasteiger partial charge in [0.2, 0.25) is 0 Å². The van der Waals surface area contributed by atoms with Gasteiger partial charge in [-0.15, -0.1) is 0 Å². The second-order valence-electron chi connectivity index (χ2n) is 11.2. The molecule has 2 amide bonds. The quantitative estimate of drug-likeness (QED) is 0.154. The van der Waals surface area contributed by atoms with E-state index in [0.29, 0.717) is 65.5 Å². The number of halogens is 2. The molecule has 0 saturated heterocycles. The van der Waals surface area contributed by atoms with Crippen LogP contribution in [-0.4, -0.2) is 25.0 Å². The van der Waals surface area contributed by atoms with Gasteiger partial charge in [0, 0.05) is 20.3 Å². The van der Waals surface area contributed by atoms with Crippen LogP contribution >= 0.6 is 31.9 Å². The molecule has 0 radical (unpaired) electrons. The van der Waals surface area contributed by atoms with E-state index in [1.54, 1.807) is 12.1 Å². The summed E-state index contributed by atoms with van der Waals surface area (Å²) in [6.45, 7) is 9.33. The number of anilines is 2. The molecule has 0 bridgehead atoms. The van der Waals surface area contributed by atoms with Gasteiger partial charge in [-0.1, -0.05) is 83.8 Å². The second-order valence-corrected chi connectivity index (χ2v) is 13.0. The topological polar surface area (TPSA) is 76.7 Å². The zero-order chi connectivity index (χ0) is 30.9. The van der Waals surface area contributed by atoms with E-state index in [0.717, 1.165) is 20.1 Å². The van der Waals surface area contributed by atoms with Crippen molar-refractivity contribution >= 4 is 55.0 Å². The summed E-state index contributed by atoms with van der Waals surface area (Å²) in [4.78, 5) is 26.1. The number of carbonyl (C=O) groups is 2. The molecule has 0 atom stereocenters. The highest BCUT2D eigenvalue weighted by Gasteiger charge is 2.16. The van der Waals surface area contributed by atoms with Crippen LogP contribution in [0.1, 0.15) is 59.5 Å². The molecule has 43 heavy (non-hydrogen) atoms. The van der Waals surface area contributed by atoms with Crippen molar-refractivity contribution in [2.45, 2.75) is 34.1 Å². The third-order valence-electron chi connectivity index (χ3n) is 6.35. The van der Waals surface area contributed by atoms with Crippen LogP contribution in [0.25, 0.3) is 0 Å². The summed E-state index contributed by atoms with van der Waals surface area (Å²) in [6.07, 6.45) is 0.708. The van der Waals surface area contributed by atoms with E-state index in [1.165, 1.54) is 0 Å². The molecule has 0 aliphatic carbocycles. The van der Waals surface area contributed by atoms with Crippen molar-refractivity contribution in [1.82, 2.24) is 0 Å². The number of nitrogens with one attached hydrogen (secondary N) is 2. The van der Waals surface area contributed by atoms with E-state index in [-0.39, 0.29) is 11.8 Å². The molecule has 4 rings (SSSR count). The molecular formula is C35H36Br2N2O4. The molecule has 4 aromatic carbocycles.